The third-order valence-electron chi connectivity index (χ3n) is 3.26. The van der Waals surface area contributed by atoms with Gasteiger partial charge in [0.15, 0.2) is 5.01 Å². The average molecular weight is 306 g/mol. The molecular formula is C15H22N4OS. The summed E-state index contributed by atoms with van der Waals surface area (Å²) in [5.74, 6) is 0. The number of hydrogen-bond acceptors (Lipinski definition) is 5. The van der Waals surface area contributed by atoms with Gasteiger partial charge in [0, 0.05) is 24.7 Å². The topological polar surface area (TPSA) is 59.8 Å². The van der Waals surface area contributed by atoms with E-state index < -0.39 is 0 Å². The van der Waals surface area contributed by atoms with Crippen molar-refractivity contribution in [3.05, 3.63) is 28.2 Å². The molecule has 2 aromatic rings. The van der Waals surface area contributed by atoms with Gasteiger partial charge in [0.05, 0.1) is 5.56 Å². The molecule has 2 heterocycles. The highest BCUT2D eigenvalue weighted by molar-refractivity contribution is 7.18. The summed E-state index contributed by atoms with van der Waals surface area (Å²) in [7, 11) is 1.79. The molecule has 0 aromatic carbocycles. The van der Waals surface area contributed by atoms with Gasteiger partial charge in [-0.1, -0.05) is 39.0 Å². The fourth-order valence-corrected chi connectivity index (χ4v) is 2.99. The molecule has 2 aromatic heterocycles. The monoisotopic (exact) mass is 306 g/mol. The normalized spacial score (nSPS) is 11.7. The second-order valence-electron chi connectivity index (χ2n) is 6.00. The van der Waals surface area contributed by atoms with Crippen molar-refractivity contribution in [3.8, 4) is 10.6 Å². The maximum atomic E-state index is 12.8. The van der Waals surface area contributed by atoms with Crippen LogP contribution >= 0.6 is 11.3 Å². The number of rotatable bonds is 4. The van der Waals surface area contributed by atoms with E-state index in [0.717, 1.165) is 18.7 Å². The molecular weight excluding hydrogens is 284 g/mol. The lowest BCUT2D eigenvalue weighted by Gasteiger charge is -2.24. The molecule has 0 saturated carbocycles. The Morgan fingerprint density at radius 3 is 2.52 bits per heavy atom. The molecule has 1 N–H and O–H groups in total. The van der Waals surface area contributed by atoms with E-state index in [9.17, 15) is 4.79 Å². The summed E-state index contributed by atoms with van der Waals surface area (Å²) in [5.41, 5.74) is 1.62. The number of pyridine rings is 1. The molecule has 114 valence electrons. The van der Waals surface area contributed by atoms with Gasteiger partial charge < -0.3 is 9.88 Å². The van der Waals surface area contributed by atoms with Gasteiger partial charge in [0.2, 0.25) is 5.13 Å². The third kappa shape index (κ3) is 3.15. The van der Waals surface area contributed by atoms with E-state index in [-0.39, 0.29) is 11.0 Å². The van der Waals surface area contributed by atoms with Crippen molar-refractivity contribution >= 4 is 16.5 Å². The molecule has 0 amide bonds. The summed E-state index contributed by atoms with van der Waals surface area (Å²) >= 11 is 1.39. The SMILES string of the molecule is CCCn1c(C(C)(C)C)ccc(-c2nnc(NC)s2)c1=O. The first-order valence-electron chi connectivity index (χ1n) is 7.14. The van der Waals surface area contributed by atoms with Crippen molar-refractivity contribution < 1.29 is 0 Å². The summed E-state index contributed by atoms with van der Waals surface area (Å²) in [5, 5.41) is 12.4. The Morgan fingerprint density at radius 1 is 1.29 bits per heavy atom. The van der Waals surface area contributed by atoms with Crippen molar-refractivity contribution in [1.29, 1.82) is 0 Å². The molecule has 0 saturated heterocycles. The van der Waals surface area contributed by atoms with E-state index in [1.807, 2.05) is 16.7 Å². The van der Waals surface area contributed by atoms with Crippen LogP contribution in [-0.4, -0.2) is 21.8 Å². The molecule has 0 bridgehead atoms. The first-order valence-corrected chi connectivity index (χ1v) is 7.96. The molecule has 0 unspecified atom stereocenters. The highest BCUT2D eigenvalue weighted by atomic mass is 32.1. The van der Waals surface area contributed by atoms with E-state index in [4.69, 9.17) is 0 Å². The van der Waals surface area contributed by atoms with Crippen LogP contribution in [0.3, 0.4) is 0 Å². The summed E-state index contributed by atoms with van der Waals surface area (Å²) in [4.78, 5) is 12.8. The molecule has 0 spiro atoms. The number of hydrogen-bond donors (Lipinski definition) is 1. The molecule has 6 heteroatoms. The fourth-order valence-electron chi connectivity index (χ4n) is 2.27. The van der Waals surface area contributed by atoms with Crippen LogP contribution in [0.2, 0.25) is 0 Å². The first-order chi connectivity index (χ1) is 9.88. The van der Waals surface area contributed by atoms with Gasteiger partial charge in [-0.25, -0.2) is 0 Å². The second kappa shape index (κ2) is 5.97. The van der Waals surface area contributed by atoms with E-state index >= 15 is 0 Å². The minimum atomic E-state index is -0.0654. The molecule has 2 rings (SSSR count). The lowest BCUT2D eigenvalue weighted by Crippen LogP contribution is -2.30. The van der Waals surface area contributed by atoms with Gasteiger partial charge >= 0.3 is 0 Å². The Kier molecular flexibility index (Phi) is 4.46. The lowest BCUT2D eigenvalue weighted by atomic mass is 9.90. The van der Waals surface area contributed by atoms with Gasteiger partial charge in [-0.2, -0.15) is 0 Å². The fraction of sp³-hybridized carbons (Fsp3) is 0.533. The zero-order chi connectivity index (χ0) is 15.6. The van der Waals surface area contributed by atoms with E-state index in [0.29, 0.717) is 15.7 Å². The maximum absolute atomic E-state index is 12.8. The molecule has 0 radical (unpaired) electrons. The average Bonchev–Trinajstić information content (AvgIpc) is 2.88. The van der Waals surface area contributed by atoms with Gasteiger partial charge in [-0.15, -0.1) is 10.2 Å². The van der Waals surface area contributed by atoms with Crippen molar-refractivity contribution in [2.24, 2.45) is 0 Å². The van der Waals surface area contributed by atoms with Gasteiger partial charge in [-0.3, -0.25) is 4.79 Å². The summed E-state index contributed by atoms with van der Waals surface area (Å²) < 4.78 is 1.87. The predicted molar refractivity (Wildman–Crippen MR) is 88.1 cm³/mol. The Balaban J connectivity index is 2.60. The van der Waals surface area contributed by atoms with Crippen molar-refractivity contribution in [2.45, 2.75) is 46.1 Å². The molecule has 0 aliphatic heterocycles. The quantitative estimate of drug-likeness (QED) is 0.943. The van der Waals surface area contributed by atoms with Crippen LogP contribution in [0.25, 0.3) is 10.6 Å². The van der Waals surface area contributed by atoms with Crippen molar-refractivity contribution in [3.63, 3.8) is 0 Å². The number of nitrogens with zero attached hydrogens (tertiary/aromatic N) is 3. The zero-order valence-electron chi connectivity index (χ0n) is 13.2. The molecule has 0 atom stereocenters. The molecule has 21 heavy (non-hydrogen) atoms. The maximum Gasteiger partial charge on any atom is 0.261 e. The minimum Gasteiger partial charge on any atom is -0.363 e. The van der Waals surface area contributed by atoms with Crippen LogP contribution in [0, 0.1) is 0 Å². The smallest absolute Gasteiger partial charge is 0.261 e. The highest BCUT2D eigenvalue weighted by Crippen LogP contribution is 2.26. The number of aromatic nitrogens is 3. The number of nitrogens with one attached hydrogen (secondary N) is 1. The van der Waals surface area contributed by atoms with Gasteiger partial charge in [0.1, 0.15) is 0 Å². The molecule has 0 aliphatic carbocycles. The van der Waals surface area contributed by atoms with Crippen LogP contribution in [0.15, 0.2) is 16.9 Å². The van der Waals surface area contributed by atoms with Crippen LogP contribution in [0.5, 0.6) is 0 Å². The van der Waals surface area contributed by atoms with Crippen molar-refractivity contribution in [2.75, 3.05) is 12.4 Å². The Hall–Kier alpha value is -1.69. The van der Waals surface area contributed by atoms with E-state index in [1.165, 1.54) is 11.3 Å². The largest absolute Gasteiger partial charge is 0.363 e. The zero-order valence-corrected chi connectivity index (χ0v) is 14.0. The molecule has 0 aliphatic rings. The Bertz CT molecular complexity index is 682. The highest BCUT2D eigenvalue weighted by Gasteiger charge is 2.21. The number of anilines is 1. The second-order valence-corrected chi connectivity index (χ2v) is 6.98. The van der Waals surface area contributed by atoms with Gasteiger partial charge in [0.25, 0.3) is 5.56 Å². The standard InChI is InChI=1S/C15H22N4OS/c1-6-9-19-11(15(2,3)4)8-7-10(13(19)20)12-17-18-14(16-5)21-12/h7-8H,6,9H2,1-5H3,(H,16,18). The van der Waals surface area contributed by atoms with Gasteiger partial charge in [-0.05, 0) is 18.6 Å². The predicted octanol–water partition coefficient (Wildman–Crippen LogP) is 3.12. The summed E-state index contributed by atoms with van der Waals surface area (Å²) in [6.07, 6.45) is 0.921. The van der Waals surface area contributed by atoms with E-state index in [1.54, 1.807) is 7.05 Å². The third-order valence-corrected chi connectivity index (χ3v) is 4.23. The summed E-state index contributed by atoms with van der Waals surface area (Å²) in [6, 6.07) is 3.90. The van der Waals surface area contributed by atoms with Crippen LogP contribution in [0.1, 0.15) is 39.8 Å². The van der Waals surface area contributed by atoms with E-state index in [2.05, 4.69) is 43.2 Å². The van der Waals surface area contributed by atoms with Crippen LogP contribution < -0.4 is 10.9 Å². The summed E-state index contributed by atoms with van der Waals surface area (Å²) in [6.45, 7) is 9.17. The lowest BCUT2D eigenvalue weighted by molar-refractivity contribution is 0.498. The Morgan fingerprint density at radius 2 is 2.00 bits per heavy atom. The van der Waals surface area contributed by atoms with Crippen molar-refractivity contribution in [1.82, 2.24) is 14.8 Å². The van der Waals surface area contributed by atoms with Crippen LogP contribution in [-0.2, 0) is 12.0 Å². The minimum absolute atomic E-state index is 0.0167. The molecule has 0 fully saturated rings. The van der Waals surface area contributed by atoms with Crippen LogP contribution in [0.4, 0.5) is 5.13 Å². The first kappa shape index (κ1) is 15.7. The molecule has 5 nitrogen and oxygen atoms in total. The Labute approximate surface area is 129 Å².